The molecule has 3 aromatic rings. The molecule has 3 aromatic carbocycles. The number of nitrogens with one attached hydrogen (secondary N) is 1. The molecule has 0 unspecified atom stereocenters. The molecule has 0 saturated carbocycles. The van der Waals surface area contributed by atoms with Crippen LogP contribution in [-0.2, 0) is 16.2 Å². The molecule has 4 rings (SSSR count). The Balaban J connectivity index is 1.56. The van der Waals surface area contributed by atoms with Crippen LogP contribution in [0.1, 0.15) is 35.3 Å². The predicted molar refractivity (Wildman–Crippen MR) is 142 cm³/mol. The van der Waals surface area contributed by atoms with Gasteiger partial charge in [0, 0.05) is 0 Å². The lowest BCUT2D eigenvalue weighted by Gasteiger charge is -2.26. The second kappa shape index (κ2) is 12.0. The van der Waals surface area contributed by atoms with Crippen LogP contribution in [-0.4, -0.2) is 42.1 Å². The molecule has 0 aromatic heterocycles. The van der Waals surface area contributed by atoms with Gasteiger partial charge in [-0.2, -0.15) is 0 Å². The second-order valence-corrected chi connectivity index (χ2v) is 8.31. The predicted octanol–water partition coefficient (Wildman–Crippen LogP) is 4.43. The lowest BCUT2D eigenvalue weighted by atomic mass is 10.1. The molecular formula is C29H26N2O8. The van der Waals surface area contributed by atoms with E-state index in [1.165, 1.54) is 18.2 Å². The second-order valence-electron chi connectivity index (χ2n) is 8.31. The normalized spacial score (nSPS) is 14.3. The van der Waals surface area contributed by atoms with Crippen LogP contribution in [0.4, 0.5) is 10.5 Å². The van der Waals surface area contributed by atoms with Gasteiger partial charge in [0.25, 0.3) is 11.8 Å². The number of carbonyl (C=O) groups is 4. The molecule has 1 heterocycles. The van der Waals surface area contributed by atoms with Crippen molar-refractivity contribution in [1.82, 2.24) is 5.32 Å². The van der Waals surface area contributed by atoms with Crippen molar-refractivity contribution in [3.63, 3.8) is 0 Å². The minimum atomic E-state index is -1.01. The van der Waals surface area contributed by atoms with Crippen LogP contribution in [0.2, 0.25) is 0 Å². The first kappa shape index (κ1) is 26.9. The van der Waals surface area contributed by atoms with E-state index in [1.54, 1.807) is 61.5 Å². The fraction of sp³-hybridized carbons (Fsp3) is 0.172. The highest BCUT2D eigenvalue weighted by Gasteiger charge is 2.36. The minimum absolute atomic E-state index is 0.167. The summed E-state index contributed by atoms with van der Waals surface area (Å²) in [5.41, 5.74) is 1.48. The van der Waals surface area contributed by atoms with Crippen molar-refractivity contribution in [2.24, 2.45) is 0 Å². The Labute approximate surface area is 224 Å². The fourth-order valence-corrected chi connectivity index (χ4v) is 3.82. The van der Waals surface area contributed by atoms with Gasteiger partial charge in [0.2, 0.25) is 0 Å². The van der Waals surface area contributed by atoms with Gasteiger partial charge in [0.15, 0.2) is 11.5 Å². The van der Waals surface area contributed by atoms with Gasteiger partial charge in [0.1, 0.15) is 17.9 Å². The third kappa shape index (κ3) is 6.24. The zero-order chi connectivity index (χ0) is 27.9. The summed E-state index contributed by atoms with van der Waals surface area (Å²) in [5.74, 6) is -1.20. The Morgan fingerprint density at radius 1 is 0.872 bits per heavy atom. The van der Waals surface area contributed by atoms with Crippen molar-refractivity contribution < 1.29 is 38.5 Å². The van der Waals surface area contributed by atoms with Gasteiger partial charge in [-0.1, -0.05) is 18.2 Å². The van der Waals surface area contributed by atoms with Gasteiger partial charge in [0.05, 0.1) is 24.5 Å². The molecule has 2 N–H and O–H groups in total. The maximum absolute atomic E-state index is 13.2. The van der Waals surface area contributed by atoms with Crippen molar-refractivity contribution in [2.75, 3.05) is 18.1 Å². The minimum Gasteiger partial charge on any atom is -0.494 e. The number of anilines is 1. The van der Waals surface area contributed by atoms with Gasteiger partial charge in [-0.05, 0) is 79.6 Å². The number of hydrogen-bond donors (Lipinski definition) is 2. The highest BCUT2D eigenvalue weighted by atomic mass is 16.5. The van der Waals surface area contributed by atoms with Gasteiger partial charge < -0.3 is 19.3 Å². The van der Waals surface area contributed by atoms with Crippen LogP contribution in [0.15, 0.2) is 72.3 Å². The number of ether oxygens (including phenoxy) is 3. The molecule has 1 aliphatic heterocycles. The third-order valence-corrected chi connectivity index (χ3v) is 5.68. The number of benzene rings is 3. The van der Waals surface area contributed by atoms with E-state index < -0.39 is 23.8 Å². The molecule has 0 atom stereocenters. The number of carbonyl (C=O) groups excluding carboxylic acids is 3. The van der Waals surface area contributed by atoms with Crippen LogP contribution in [0.25, 0.3) is 6.08 Å². The largest absolute Gasteiger partial charge is 0.494 e. The molecule has 4 amide bonds. The average molecular weight is 531 g/mol. The first-order valence-electron chi connectivity index (χ1n) is 12.2. The van der Waals surface area contributed by atoms with Crippen LogP contribution in [0, 0.1) is 0 Å². The van der Waals surface area contributed by atoms with Crippen LogP contribution < -0.4 is 24.4 Å². The number of carboxylic acid groups (broad SMARTS) is 1. The SMILES string of the molecule is CCOc1ccc(N2C(=O)NC(=O)/C(=C\c3ccc(OCc4ccc(C(=O)O)cc4)c(OCC)c3)C2=O)cc1. The number of hydrogen-bond acceptors (Lipinski definition) is 7. The van der Waals surface area contributed by atoms with E-state index >= 15 is 0 Å². The molecule has 10 heteroatoms. The Bertz CT molecular complexity index is 1430. The molecule has 0 bridgehead atoms. The Hall–Kier alpha value is -5.12. The Kier molecular flexibility index (Phi) is 8.25. The van der Waals surface area contributed by atoms with E-state index in [1.807, 2.05) is 6.92 Å². The molecule has 0 radical (unpaired) electrons. The number of nitrogens with zero attached hydrogens (tertiary/aromatic N) is 1. The van der Waals surface area contributed by atoms with Crippen LogP contribution >= 0.6 is 0 Å². The lowest BCUT2D eigenvalue weighted by Crippen LogP contribution is -2.54. The Morgan fingerprint density at radius 3 is 2.21 bits per heavy atom. The van der Waals surface area contributed by atoms with E-state index in [9.17, 15) is 19.2 Å². The molecule has 200 valence electrons. The van der Waals surface area contributed by atoms with Gasteiger partial charge in [-0.15, -0.1) is 0 Å². The number of urea groups is 1. The zero-order valence-electron chi connectivity index (χ0n) is 21.3. The summed E-state index contributed by atoms with van der Waals surface area (Å²) in [7, 11) is 0. The molecule has 1 aliphatic rings. The molecule has 0 aliphatic carbocycles. The smallest absolute Gasteiger partial charge is 0.335 e. The first-order chi connectivity index (χ1) is 18.8. The van der Waals surface area contributed by atoms with Gasteiger partial charge >= 0.3 is 12.0 Å². The number of barbiturate groups is 1. The van der Waals surface area contributed by atoms with E-state index in [0.29, 0.717) is 36.0 Å². The zero-order valence-corrected chi connectivity index (χ0v) is 21.3. The van der Waals surface area contributed by atoms with E-state index in [0.717, 1.165) is 10.5 Å². The number of aromatic carboxylic acids is 1. The molecule has 39 heavy (non-hydrogen) atoms. The quantitative estimate of drug-likeness (QED) is 0.291. The standard InChI is InChI=1S/C29H26N2O8/c1-3-37-22-12-10-21(11-13-22)31-27(33)23(26(32)30-29(31)36)15-19-7-14-24(25(16-19)38-4-2)39-17-18-5-8-20(9-6-18)28(34)35/h5-16H,3-4,17H2,1-2H3,(H,34,35)(H,30,32,36)/b23-15+. The Morgan fingerprint density at radius 2 is 1.56 bits per heavy atom. The number of rotatable bonds is 10. The van der Waals surface area contributed by atoms with Crippen molar-refractivity contribution >= 4 is 35.6 Å². The van der Waals surface area contributed by atoms with E-state index in [4.69, 9.17) is 19.3 Å². The van der Waals surface area contributed by atoms with E-state index in [-0.39, 0.29) is 23.4 Å². The van der Waals surface area contributed by atoms with Gasteiger partial charge in [-0.3, -0.25) is 14.9 Å². The first-order valence-corrected chi connectivity index (χ1v) is 12.2. The van der Waals surface area contributed by atoms with Crippen molar-refractivity contribution in [3.8, 4) is 17.2 Å². The third-order valence-electron chi connectivity index (χ3n) is 5.68. The maximum Gasteiger partial charge on any atom is 0.335 e. The molecule has 0 spiro atoms. The summed E-state index contributed by atoms with van der Waals surface area (Å²) < 4.78 is 17.0. The molecular weight excluding hydrogens is 504 g/mol. The van der Waals surface area contributed by atoms with Gasteiger partial charge in [-0.25, -0.2) is 14.5 Å². The van der Waals surface area contributed by atoms with Crippen LogP contribution in [0.5, 0.6) is 17.2 Å². The van der Waals surface area contributed by atoms with Crippen molar-refractivity contribution in [3.05, 3.63) is 89.0 Å². The summed E-state index contributed by atoms with van der Waals surface area (Å²) in [6.07, 6.45) is 1.38. The van der Waals surface area contributed by atoms with E-state index in [2.05, 4.69) is 5.32 Å². The van der Waals surface area contributed by atoms with Crippen molar-refractivity contribution in [1.29, 1.82) is 0 Å². The highest BCUT2D eigenvalue weighted by molar-refractivity contribution is 6.39. The molecule has 10 nitrogen and oxygen atoms in total. The lowest BCUT2D eigenvalue weighted by molar-refractivity contribution is -0.122. The highest BCUT2D eigenvalue weighted by Crippen LogP contribution is 2.31. The topological polar surface area (TPSA) is 131 Å². The summed E-state index contributed by atoms with van der Waals surface area (Å²) in [5, 5.41) is 11.3. The summed E-state index contributed by atoms with van der Waals surface area (Å²) in [6, 6.07) is 16.8. The summed E-state index contributed by atoms with van der Waals surface area (Å²) in [4.78, 5) is 50.2. The molecule has 1 fully saturated rings. The average Bonchev–Trinajstić information content (AvgIpc) is 2.92. The van der Waals surface area contributed by atoms with Crippen LogP contribution in [0.3, 0.4) is 0 Å². The summed E-state index contributed by atoms with van der Waals surface area (Å²) in [6.45, 7) is 4.62. The fourth-order valence-electron chi connectivity index (χ4n) is 3.82. The molecule has 1 saturated heterocycles. The maximum atomic E-state index is 13.2. The number of amides is 4. The monoisotopic (exact) mass is 530 g/mol. The van der Waals surface area contributed by atoms with Crippen molar-refractivity contribution in [2.45, 2.75) is 20.5 Å². The number of carboxylic acids is 1. The summed E-state index contributed by atoms with van der Waals surface area (Å²) >= 11 is 0. The number of imide groups is 2.